The van der Waals surface area contributed by atoms with Crippen molar-refractivity contribution in [2.45, 2.75) is 47.1 Å². The first-order valence-corrected chi connectivity index (χ1v) is 8.79. The maximum atomic E-state index is 4.73. The smallest absolute Gasteiger partial charge is 0.191 e. The maximum absolute atomic E-state index is 4.73. The van der Waals surface area contributed by atoms with Crippen LogP contribution < -0.4 is 10.6 Å². The Morgan fingerprint density at radius 2 is 1.96 bits per heavy atom. The van der Waals surface area contributed by atoms with Crippen LogP contribution in [0.3, 0.4) is 0 Å². The van der Waals surface area contributed by atoms with Crippen LogP contribution in [0.15, 0.2) is 35.3 Å². The third-order valence-corrected chi connectivity index (χ3v) is 3.80. The highest BCUT2D eigenvalue weighted by Gasteiger charge is 2.08. The molecule has 130 valence electrons. The average molecular weight is 327 g/mol. The number of benzene rings is 1. The van der Waals surface area contributed by atoms with Gasteiger partial charge in [-0.1, -0.05) is 31.5 Å². The van der Waals surface area contributed by atoms with E-state index in [4.69, 9.17) is 4.99 Å². The van der Waals surface area contributed by atoms with Gasteiger partial charge in [-0.2, -0.15) is 5.10 Å². The molecular formula is C19H29N5. The molecule has 5 heteroatoms. The molecule has 0 fully saturated rings. The molecule has 0 amide bonds. The van der Waals surface area contributed by atoms with Crippen molar-refractivity contribution in [3.8, 4) is 5.69 Å². The average Bonchev–Trinajstić information content (AvgIpc) is 2.91. The molecule has 0 saturated carbocycles. The van der Waals surface area contributed by atoms with Gasteiger partial charge in [0, 0.05) is 18.8 Å². The molecule has 24 heavy (non-hydrogen) atoms. The van der Waals surface area contributed by atoms with Crippen LogP contribution in [-0.2, 0) is 6.54 Å². The van der Waals surface area contributed by atoms with Crippen LogP contribution in [0.2, 0.25) is 0 Å². The highest BCUT2D eigenvalue weighted by Crippen LogP contribution is 2.17. The Bertz CT molecular complexity index is 672. The van der Waals surface area contributed by atoms with Gasteiger partial charge in [-0.3, -0.25) is 0 Å². The van der Waals surface area contributed by atoms with Crippen LogP contribution in [0.1, 0.15) is 43.6 Å². The molecule has 0 radical (unpaired) electrons. The lowest BCUT2D eigenvalue weighted by Gasteiger charge is -2.13. The molecule has 2 rings (SSSR count). The number of hydrogen-bond donors (Lipinski definition) is 2. The first-order valence-electron chi connectivity index (χ1n) is 8.79. The Morgan fingerprint density at radius 3 is 2.62 bits per heavy atom. The molecule has 2 N–H and O–H groups in total. The minimum atomic E-state index is 0.621. The predicted octanol–water partition coefficient (Wildman–Crippen LogP) is 3.34. The molecule has 0 bridgehead atoms. The van der Waals surface area contributed by atoms with E-state index in [1.165, 1.54) is 6.42 Å². The molecule has 0 aliphatic carbocycles. The summed E-state index contributed by atoms with van der Waals surface area (Å²) in [6.45, 7) is 10.8. The number of nitrogens with zero attached hydrogens (tertiary/aromatic N) is 3. The van der Waals surface area contributed by atoms with E-state index >= 15 is 0 Å². The summed E-state index contributed by atoms with van der Waals surface area (Å²) >= 11 is 0. The van der Waals surface area contributed by atoms with Gasteiger partial charge in [-0.05, 0) is 44.9 Å². The van der Waals surface area contributed by atoms with Gasteiger partial charge in [-0.15, -0.1) is 0 Å². The van der Waals surface area contributed by atoms with Gasteiger partial charge >= 0.3 is 0 Å². The van der Waals surface area contributed by atoms with Gasteiger partial charge in [0.15, 0.2) is 5.96 Å². The second-order valence-electron chi connectivity index (χ2n) is 5.94. The fourth-order valence-corrected chi connectivity index (χ4v) is 2.61. The predicted molar refractivity (Wildman–Crippen MR) is 101 cm³/mol. The standard InChI is InChI=1S/C19H29N5/c1-5-7-12-21-19(20-6-2)22-14-17-10-8-9-11-18(17)24-16(4)13-15(3)23-24/h8-11,13H,5-7,12,14H2,1-4H3,(H2,20,21,22). The van der Waals surface area contributed by atoms with Crippen molar-refractivity contribution >= 4 is 5.96 Å². The van der Waals surface area contributed by atoms with Crippen LogP contribution >= 0.6 is 0 Å². The number of rotatable bonds is 7. The summed E-state index contributed by atoms with van der Waals surface area (Å²) in [4.78, 5) is 4.73. The Morgan fingerprint density at radius 1 is 1.17 bits per heavy atom. The summed E-state index contributed by atoms with van der Waals surface area (Å²) in [6, 6.07) is 10.4. The summed E-state index contributed by atoms with van der Waals surface area (Å²) < 4.78 is 2.00. The van der Waals surface area contributed by atoms with Gasteiger partial charge < -0.3 is 10.6 Å². The van der Waals surface area contributed by atoms with Crippen molar-refractivity contribution in [2.75, 3.05) is 13.1 Å². The lowest BCUT2D eigenvalue weighted by molar-refractivity contribution is 0.729. The van der Waals surface area contributed by atoms with E-state index in [1.54, 1.807) is 0 Å². The zero-order valence-electron chi connectivity index (χ0n) is 15.3. The van der Waals surface area contributed by atoms with E-state index in [0.717, 1.165) is 48.1 Å². The third kappa shape index (κ3) is 4.85. The van der Waals surface area contributed by atoms with Crippen molar-refractivity contribution in [3.63, 3.8) is 0 Å². The molecule has 0 spiro atoms. The molecule has 1 heterocycles. The van der Waals surface area contributed by atoms with Crippen LogP contribution in [0, 0.1) is 13.8 Å². The zero-order valence-corrected chi connectivity index (χ0v) is 15.3. The topological polar surface area (TPSA) is 54.2 Å². The number of aryl methyl sites for hydroxylation is 2. The minimum Gasteiger partial charge on any atom is -0.357 e. The molecule has 0 atom stereocenters. The Balaban J connectivity index is 2.19. The highest BCUT2D eigenvalue weighted by molar-refractivity contribution is 5.79. The quantitative estimate of drug-likeness (QED) is 0.466. The number of para-hydroxylation sites is 1. The molecule has 0 unspecified atom stereocenters. The lowest BCUT2D eigenvalue weighted by Crippen LogP contribution is -2.37. The Labute approximate surface area is 145 Å². The summed E-state index contributed by atoms with van der Waals surface area (Å²) in [5, 5.41) is 11.3. The summed E-state index contributed by atoms with van der Waals surface area (Å²) in [7, 11) is 0. The van der Waals surface area contributed by atoms with E-state index in [-0.39, 0.29) is 0 Å². The van der Waals surface area contributed by atoms with Crippen molar-refractivity contribution in [1.29, 1.82) is 0 Å². The normalized spacial score (nSPS) is 11.6. The molecule has 5 nitrogen and oxygen atoms in total. The number of hydrogen-bond acceptors (Lipinski definition) is 2. The summed E-state index contributed by atoms with van der Waals surface area (Å²) in [5.74, 6) is 0.870. The number of guanidine groups is 1. The van der Waals surface area contributed by atoms with Crippen molar-refractivity contribution in [3.05, 3.63) is 47.3 Å². The first-order chi connectivity index (χ1) is 11.7. The van der Waals surface area contributed by atoms with E-state index in [0.29, 0.717) is 6.54 Å². The molecule has 0 aliphatic heterocycles. The van der Waals surface area contributed by atoms with Gasteiger partial charge in [0.05, 0.1) is 17.9 Å². The van der Waals surface area contributed by atoms with Gasteiger partial charge in [0.25, 0.3) is 0 Å². The third-order valence-electron chi connectivity index (χ3n) is 3.80. The molecule has 0 aliphatic rings. The SMILES string of the molecule is CCCCNC(=NCc1ccccc1-n1nc(C)cc1C)NCC. The monoisotopic (exact) mass is 327 g/mol. The zero-order chi connectivity index (χ0) is 17.4. The number of aromatic nitrogens is 2. The van der Waals surface area contributed by atoms with E-state index in [9.17, 15) is 0 Å². The summed E-state index contributed by atoms with van der Waals surface area (Å²) in [6.07, 6.45) is 2.32. The van der Waals surface area contributed by atoms with E-state index in [1.807, 2.05) is 17.7 Å². The molecule has 1 aromatic heterocycles. The highest BCUT2D eigenvalue weighted by atomic mass is 15.3. The molecular weight excluding hydrogens is 298 g/mol. The van der Waals surface area contributed by atoms with Crippen LogP contribution in [0.5, 0.6) is 0 Å². The number of unbranched alkanes of at least 4 members (excludes halogenated alkanes) is 1. The Kier molecular flexibility index (Phi) is 6.85. The fraction of sp³-hybridized carbons (Fsp3) is 0.474. The Hall–Kier alpha value is -2.30. The molecule has 0 saturated heterocycles. The van der Waals surface area contributed by atoms with Gasteiger partial charge in [0.1, 0.15) is 0 Å². The van der Waals surface area contributed by atoms with E-state index in [2.05, 4.69) is 60.8 Å². The largest absolute Gasteiger partial charge is 0.357 e. The number of nitrogens with one attached hydrogen (secondary N) is 2. The first kappa shape index (κ1) is 18.0. The maximum Gasteiger partial charge on any atom is 0.191 e. The van der Waals surface area contributed by atoms with Crippen molar-refractivity contribution in [2.24, 2.45) is 4.99 Å². The van der Waals surface area contributed by atoms with Gasteiger partial charge in [0.2, 0.25) is 0 Å². The van der Waals surface area contributed by atoms with Crippen molar-refractivity contribution in [1.82, 2.24) is 20.4 Å². The number of aliphatic imine (C=N–C) groups is 1. The summed E-state index contributed by atoms with van der Waals surface area (Å²) in [5.41, 5.74) is 4.42. The second-order valence-corrected chi connectivity index (χ2v) is 5.94. The van der Waals surface area contributed by atoms with Gasteiger partial charge in [-0.25, -0.2) is 9.67 Å². The molecule has 2 aromatic rings. The second kappa shape index (κ2) is 9.11. The lowest BCUT2D eigenvalue weighted by atomic mass is 10.2. The van der Waals surface area contributed by atoms with Crippen molar-refractivity contribution < 1.29 is 0 Å². The molecule has 1 aromatic carbocycles. The minimum absolute atomic E-state index is 0.621. The van der Waals surface area contributed by atoms with E-state index < -0.39 is 0 Å². The fourth-order valence-electron chi connectivity index (χ4n) is 2.61. The van der Waals surface area contributed by atoms with Crippen LogP contribution in [0.25, 0.3) is 5.69 Å². The van der Waals surface area contributed by atoms with Crippen LogP contribution in [-0.4, -0.2) is 28.8 Å². The van der Waals surface area contributed by atoms with Crippen LogP contribution in [0.4, 0.5) is 0 Å².